The standard InChI is InChI=1S/C9H19O2/c1-6-10-9(5)11-8(4)7(2)3/h7-9H,5-6H2,1-4H3. The third-order valence-electron chi connectivity index (χ3n) is 1.66. The van der Waals surface area contributed by atoms with E-state index >= 15 is 0 Å². The SMILES string of the molecule is [CH2]C(OCC)OC(C)C(C)C. The van der Waals surface area contributed by atoms with Gasteiger partial charge in [-0.25, -0.2) is 0 Å². The summed E-state index contributed by atoms with van der Waals surface area (Å²) in [5.74, 6) is 0.514. The van der Waals surface area contributed by atoms with Gasteiger partial charge in [0.05, 0.1) is 6.10 Å². The van der Waals surface area contributed by atoms with Gasteiger partial charge in [0.1, 0.15) is 0 Å². The Hall–Kier alpha value is -0.0800. The molecule has 0 rings (SSSR count). The van der Waals surface area contributed by atoms with E-state index in [0.717, 1.165) is 0 Å². The third kappa shape index (κ3) is 5.22. The molecule has 0 spiro atoms. The van der Waals surface area contributed by atoms with Crippen molar-refractivity contribution in [2.75, 3.05) is 6.61 Å². The molecule has 0 bridgehead atoms. The number of rotatable bonds is 5. The second kappa shape index (κ2) is 5.56. The van der Waals surface area contributed by atoms with Crippen LogP contribution in [0, 0.1) is 12.8 Å². The Labute approximate surface area is 69.9 Å². The lowest BCUT2D eigenvalue weighted by atomic mass is 10.1. The minimum Gasteiger partial charge on any atom is -0.353 e. The predicted octanol–water partition coefficient (Wildman–Crippen LogP) is 2.24. The van der Waals surface area contributed by atoms with Crippen molar-refractivity contribution < 1.29 is 9.47 Å². The minimum atomic E-state index is -0.322. The van der Waals surface area contributed by atoms with E-state index in [-0.39, 0.29) is 12.4 Å². The lowest BCUT2D eigenvalue weighted by Gasteiger charge is -2.21. The molecule has 0 aromatic heterocycles. The zero-order chi connectivity index (χ0) is 8.85. The first-order valence-electron chi connectivity index (χ1n) is 4.18. The van der Waals surface area contributed by atoms with Crippen molar-refractivity contribution >= 4 is 0 Å². The number of hydrogen-bond donors (Lipinski definition) is 0. The van der Waals surface area contributed by atoms with Crippen LogP contribution >= 0.6 is 0 Å². The summed E-state index contributed by atoms with van der Waals surface area (Å²) >= 11 is 0. The monoisotopic (exact) mass is 159 g/mol. The average Bonchev–Trinajstić information content (AvgIpc) is 1.87. The summed E-state index contributed by atoms with van der Waals surface area (Å²) in [6.07, 6.45) is -0.110. The van der Waals surface area contributed by atoms with Gasteiger partial charge in [0.15, 0.2) is 6.29 Å². The van der Waals surface area contributed by atoms with E-state index in [1.165, 1.54) is 0 Å². The Morgan fingerprint density at radius 1 is 1.27 bits per heavy atom. The molecule has 67 valence electrons. The van der Waals surface area contributed by atoms with Gasteiger partial charge >= 0.3 is 0 Å². The highest BCUT2D eigenvalue weighted by Crippen LogP contribution is 2.08. The Balaban J connectivity index is 3.48. The summed E-state index contributed by atoms with van der Waals surface area (Å²) in [5.41, 5.74) is 0. The molecule has 0 fully saturated rings. The number of ether oxygens (including phenoxy) is 2. The van der Waals surface area contributed by atoms with Crippen LogP contribution in [0.2, 0.25) is 0 Å². The normalized spacial score (nSPS) is 16.9. The lowest BCUT2D eigenvalue weighted by Crippen LogP contribution is -2.23. The largest absolute Gasteiger partial charge is 0.353 e. The van der Waals surface area contributed by atoms with Crippen LogP contribution in [0.5, 0.6) is 0 Å². The Kier molecular flexibility index (Phi) is 5.51. The molecule has 2 nitrogen and oxygen atoms in total. The van der Waals surface area contributed by atoms with E-state index < -0.39 is 0 Å². The van der Waals surface area contributed by atoms with Crippen molar-refractivity contribution in [3.8, 4) is 0 Å². The van der Waals surface area contributed by atoms with Crippen LogP contribution in [0.25, 0.3) is 0 Å². The number of hydrogen-bond acceptors (Lipinski definition) is 2. The van der Waals surface area contributed by atoms with Crippen LogP contribution in [0.15, 0.2) is 0 Å². The average molecular weight is 159 g/mol. The van der Waals surface area contributed by atoms with Gasteiger partial charge in [-0.15, -0.1) is 0 Å². The first kappa shape index (κ1) is 10.9. The molecule has 0 aliphatic rings. The van der Waals surface area contributed by atoms with Crippen molar-refractivity contribution in [1.82, 2.24) is 0 Å². The molecular formula is C9H19O2. The lowest BCUT2D eigenvalue weighted by molar-refractivity contribution is -0.146. The molecule has 0 heterocycles. The van der Waals surface area contributed by atoms with E-state index in [9.17, 15) is 0 Å². The fraction of sp³-hybridized carbons (Fsp3) is 0.889. The van der Waals surface area contributed by atoms with Crippen molar-refractivity contribution in [2.45, 2.75) is 40.1 Å². The second-order valence-corrected chi connectivity index (χ2v) is 2.97. The van der Waals surface area contributed by atoms with Crippen LogP contribution in [-0.4, -0.2) is 19.0 Å². The van der Waals surface area contributed by atoms with Crippen molar-refractivity contribution in [3.05, 3.63) is 6.92 Å². The third-order valence-corrected chi connectivity index (χ3v) is 1.66. The van der Waals surface area contributed by atoms with E-state index in [2.05, 4.69) is 20.8 Å². The molecule has 11 heavy (non-hydrogen) atoms. The highest BCUT2D eigenvalue weighted by atomic mass is 16.7. The maximum atomic E-state index is 5.42. The van der Waals surface area contributed by atoms with E-state index in [1.807, 2.05) is 13.8 Å². The highest BCUT2D eigenvalue weighted by molar-refractivity contribution is 4.57. The molecule has 0 aliphatic carbocycles. The summed E-state index contributed by atoms with van der Waals surface area (Å²) in [5, 5.41) is 0. The molecule has 2 heteroatoms. The molecule has 0 N–H and O–H groups in total. The predicted molar refractivity (Wildman–Crippen MR) is 46.2 cm³/mol. The van der Waals surface area contributed by atoms with Gasteiger partial charge in [-0.2, -0.15) is 0 Å². The Bertz CT molecular complexity index is 91.6. The van der Waals surface area contributed by atoms with Gasteiger partial charge < -0.3 is 9.47 Å². The fourth-order valence-corrected chi connectivity index (χ4v) is 0.622. The first-order chi connectivity index (χ1) is 5.07. The summed E-state index contributed by atoms with van der Waals surface area (Å²) in [4.78, 5) is 0. The van der Waals surface area contributed by atoms with Crippen LogP contribution in [0.4, 0.5) is 0 Å². The molecule has 0 saturated carbocycles. The Morgan fingerprint density at radius 3 is 2.18 bits per heavy atom. The van der Waals surface area contributed by atoms with Gasteiger partial charge in [-0.1, -0.05) is 13.8 Å². The minimum absolute atomic E-state index is 0.212. The van der Waals surface area contributed by atoms with Gasteiger partial charge in [0, 0.05) is 13.5 Å². The van der Waals surface area contributed by atoms with Crippen molar-refractivity contribution in [2.24, 2.45) is 5.92 Å². The van der Waals surface area contributed by atoms with Crippen LogP contribution in [-0.2, 0) is 9.47 Å². The van der Waals surface area contributed by atoms with E-state index in [0.29, 0.717) is 12.5 Å². The zero-order valence-corrected chi connectivity index (χ0v) is 7.96. The molecule has 0 aromatic rings. The van der Waals surface area contributed by atoms with Gasteiger partial charge in [-0.3, -0.25) is 0 Å². The second-order valence-electron chi connectivity index (χ2n) is 2.97. The molecule has 0 aromatic carbocycles. The smallest absolute Gasteiger partial charge is 0.158 e. The molecule has 2 unspecified atom stereocenters. The van der Waals surface area contributed by atoms with Gasteiger partial charge in [0.25, 0.3) is 0 Å². The molecule has 0 saturated heterocycles. The molecule has 1 radical (unpaired) electrons. The van der Waals surface area contributed by atoms with Crippen LogP contribution < -0.4 is 0 Å². The first-order valence-corrected chi connectivity index (χ1v) is 4.18. The maximum Gasteiger partial charge on any atom is 0.158 e. The van der Waals surface area contributed by atoms with Gasteiger partial charge in [0.2, 0.25) is 0 Å². The van der Waals surface area contributed by atoms with Crippen molar-refractivity contribution in [3.63, 3.8) is 0 Å². The molecule has 0 amide bonds. The topological polar surface area (TPSA) is 18.5 Å². The van der Waals surface area contributed by atoms with Crippen LogP contribution in [0.3, 0.4) is 0 Å². The zero-order valence-electron chi connectivity index (χ0n) is 7.96. The van der Waals surface area contributed by atoms with E-state index in [1.54, 1.807) is 0 Å². The fourth-order valence-electron chi connectivity index (χ4n) is 0.622. The maximum absolute atomic E-state index is 5.42. The molecular weight excluding hydrogens is 140 g/mol. The van der Waals surface area contributed by atoms with Crippen molar-refractivity contribution in [1.29, 1.82) is 0 Å². The summed E-state index contributed by atoms with van der Waals surface area (Å²) in [7, 11) is 0. The molecule has 2 atom stereocenters. The van der Waals surface area contributed by atoms with E-state index in [4.69, 9.17) is 9.47 Å². The Morgan fingerprint density at radius 2 is 1.82 bits per heavy atom. The molecule has 0 aliphatic heterocycles. The highest BCUT2D eigenvalue weighted by Gasteiger charge is 2.11. The summed E-state index contributed by atoms with van der Waals surface area (Å²) in [6, 6.07) is 0. The van der Waals surface area contributed by atoms with Crippen LogP contribution in [0.1, 0.15) is 27.7 Å². The summed E-state index contributed by atoms with van der Waals surface area (Å²) < 4.78 is 10.5. The quantitative estimate of drug-likeness (QED) is 0.573. The summed E-state index contributed by atoms with van der Waals surface area (Å²) in [6.45, 7) is 12.5. The van der Waals surface area contributed by atoms with Gasteiger partial charge in [-0.05, 0) is 19.8 Å².